The summed E-state index contributed by atoms with van der Waals surface area (Å²) >= 11 is 0.847. The molecule has 3 fully saturated rings. The van der Waals surface area contributed by atoms with Crippen LogP contribution < -0.4 is 26.5 Å². The lowest BCUT2D eigenvalue weighted by Gasteiger charge is -2.28. The van der Waals surface area contributed by atoms with E-state index < -0.39 is 81.9 Å². The molecule has 3 saturated heterocycles. The number of carbonyl (C=O) groups excluding carboxylic acids is 1. The van der Waals surface area contributed by atoms with E-state index in [1.165, 1.54) is 31.7 Å². The van der Waals surface area contributed by atoms with Gasteiger partial charge in [0.15, 0.2) is 11.5 Å². The number of phosphoric acid groups is 1. The van der Waals surface area contributed by atoms with Gasteiger partial charge in [-0.05, 0) is 66.2 Å². The molecule has 0 aliphatic carbocycles. The number of ether oxygens (including phenoxy) is 4. The molecule has 3 aliphatic heterocycles. The SMILES string of the molecule is Nc1ncnc2c1ncn2[C@H]1C[C@@H]2OP(=O)(O)OC[C@H]3O[C@@H](n4ccc(=O)[nH]c4=O)C[C@@H]3OP(=O)(SCc3ccc(OC(=O)c4ccc(OCCCCCCCCCCO)cc4)cc3)OC[C@H]2O1. The van der Waals surface area contributed by atoms with Crippen molar-refractivity contribution in [1.29, 1.82) is 0 Å². The van der Waals surface area contributed by atoms with Gasteiger partial charge in [0.25, 0.3) is 5.56 Å². The summed E-state index contributed by atoms with van der Waals surface area (Å²) in [5.41, 5.74) is 6.23. The fourth-order valence-electron chi connectivity index (χ4n) is 7.92. The fraction of sp³-hybridized carbons (Fsp3) is 0.488. The number of unbranched alkanes of at least 4 members (excludes halogenated alkanes) is 7. The zero-order chi connectivity index (χ0) is 47.7. The molecule has 8 rings (SSSR count). The number of aromatic amines is 1. The van der Waals surface area contributed by atoms with Gasteiger partial charge in [0.05, 0.1) is 31.7 Å². The first kappa shape index (κ1) is 49.6. The smallest absolute Gasteiger partial charge is 0.472 e. The Labute approximate surface area is 393 Å². The molecule has 22 nitrogen and oxygen atoms in total. The Hall–Kier alpha value is -4.77. The summed E-state index contributed by atoms with van der Waals surface area (Å²) in [4.78, 5) is 63.1. The van der Waals surface area contributed by atoms with Crippen LogP contribution in [0.15, 0.2) is 83.0 Å². The number of aliphatic hydroxyl groups is 1. The van der Waals surface area contributed by atoms with Crippen molar-refractivity contribution in [3.05, 3.63) is 105 Å². The van der Waals surface area contributed by atoms with Crippen molar-refractivity contribution in [2.75, 3.05) is 32.2 Å². The highest BCUT2D eigenvalue weighted by molar-refractivity contribution is 8.54. The second kappa shape index (κ2) is 22.8. The third-order valence-electron chi connectivity index (χ3n) is 11.5. The number of rotatable bonds is 18. The molecule has 68 heavy (non-hydrogen) atoms. The number of phosphoric ester groups is 1. The number of esters is 1. The van der Waals surface area contributed by atoms with E-state index in [1.807, 2.05) is 0 Å². The molecule has 0 amide bonds. The molecule has 3 aliphatic rings. The molecule has 8 atom stereocenters. The van der Waals surface area contributed by atoms with E-state index in [-0.39, 0.29) is 36.8 Å². The highest BCUT2D eigenvalue weighted by Gasteiger charge is 2.48. The Morgan fingerprint density at radius 1 is 0.794 bits per heavy atom. The van der Waals surface area contributed by atoms with E-state index in [9.17, 15) is 28.4 Å². The normalized spacial score (nSPS) is 26.4. The lowest BCUT2D eigenvalue weighted by Crippen LogP contribution is -2.32. The van der Waals surface area contributed by atoms with Crippen molar-refractivity contribution in [1.82, 2.24) is 29.1 Å². The number of nitrogens with two attached hydrogens (primary N) is 1. The van der Waals surface area contributed by atoms with Crippen LogP contribution in [0.2, 0.25) is 0 Å². The van der Waals surface area contributed by atoms with Gasteiger partial charge in [0.1, 0.15) is 60.2 Å². The molecule has 366 valence electrons. The average Bonchev–Trinajstić information content (AvgIpc) is 4.05. The number of anilines is 1. The fourth-order valence-corrected chi connectivity index (χ4v) is 12.3. The standard InChI is InChI=1S/C43H53N7O15P2S/c44-40-39-41(46-26-45-40)50(27-47-39)38-21-32-35(63-38)24-60-67(57,65-33-22-37(49-18-17-36(52)48-43(49)54)62-34(33)23-59-66(55,56)64-32)68-25-28-9-13-31(14-10-28)61-42(53)29-11-15-30(16-12-29)58-20-8-6-4-2-1-3-5-7-19-51/h9-18,26-27,32-35,37-38,51H,1-8,19-25H2,(H,55,56)(H2,44,45,46)(H,48,52,54)/t32-,33-,34+,35+,37+,38+,67?/m0/s1. The number of H-pyrrole nitrogens is 1. The van der Waals surface area contributed by atoms with Gasteiger partial charge >= 0.3 is 26.3 Å². The van der Waals surface area contributed by atoms with Gasteiger partial charge in [-0.3, -0.25) is 37.0 Å². The third kappa shape index (κ3) is 12.9. The Morgan fingerprint density at radius 2 is 1.44 bits per heavy atom. The third-order valence-corrected chi connectivity index (χ3v) is 16.2. The highest BCUT2D eigenvalue weighted by atomic mass is 32.7. The number of hydrogen-bond donors (Lipinski definition) is 4. The lowest BCUT2D eigenvalue weighted by molar-refractivity contribution is -0.0612. The van der Waals surface area contributed by atoms with Crippen LogP contribution in [0.1, 0.15) is 92.6 Å². The molecule has 25 heteroatoms. The van der Waals surface area contributed by atoms with E-state index in [0.717, 1.165) is 60.5 Å². The summed E-state index contributed by atoms with van der Waals surface area (Å²) in [7, 11) is -4.83. The number of imidazole rings is 1. The lowest BCUT2D eigenvalue weighted by atomic mass is 10.1. The molecule has 5 aromatic rings. The van der Waals surface area contributed by atoms with E-state index in [2.05, 4.69) is 19.9 Å². The molecule has 0 spiro atoms. The van der Waals surface area contributed by atoms with Crippen molar-refractivity contribution in [3.8, 4) is 11.5 Å². The number of carbonyl (C=O) groups is 1. The van der Waals surface area contributed by atoms with Crippen molar-refractivity contribution in [2.45, 2.75) is 107 Å². The summed E-state index contributed by atoms with van der Waals surface area (Å²) in [6, 6.07) is 14.5. The predicted molar refractivity (Wildman–Crippen MR) is 246 cm³/mol. The van der Waals surface area contributed by atoms with Crippen molar-refractivity contribution in [3.63, 3.8) is 0 Å². The van der Waals surface area contributed by atoms with Crippen LogP contribution in [-0.4, -0.2) is 95.9 Å². The van der Waals surface area contributed by atoms with Gasteiger partial charge in [0, 0.05) is 37.5 Å². The van der Waals surface area contributed by atoms with Crippen molar-refractivity contribution in [2.24, 2.45) is 0 Å². The highest BCUT2D eigenvalue weighted by Crippen LogP contribution is 2.64. The second-order valence-corrected chi connectivity index (χ2v) is 21.8. The zero-order valence-electron chi connectivity index (χ0n) is 36.8. The Bertz CT molecular complexity index is 2710. The molecule has 5 N–H and O–H groups in total. The number of hydrogen-bond acceptors (Lipinski definition) is 19. The first-order valence-corrected chi connectivity index (χ1v) is 26.9. The number of aliphatic hydroxyl groups excluding tert-OH is 1. The molecular weight excluding hydrogens is 949 g/mol. The van der Waals surface area contributed by atoms with Gasteiger partial charge in [-0.15, -0.1) is 0 Å². The van der Waals surface area contributed by atoms with E-state index >= 15 is 0 Å². The summed E-state index contributed by atoms with van der Waals surface area (Å²) in [6.07, 6.45) is 6.00. The monoisotopic (exact) mass is 1000 g/mol. The Kier molecular flexibility index (Phi) is 16.6. The minimum absolute atomic E-state index is 0.0129. The van der Waals surface area contributed by atoms with Crippen LogP contribution in [-0.2, 0) is 42.5 Å². The second-order valence-electron chi connectivity index (χ2n) is 16.4. The first-order chi connectivity index (χ1) is 32.8. The maximum atomic E-state index is 14.9. The van der Waals surface area contributed by atoms with Crippen molar-refractivity contribution < 1.29 is 61.0 Å². The van der Waals surface area contributed by atoms with E-state index in [0.29, 0.717) is 34.6 Å². The summed E-state index contributed by atoms with van der Waals surface area (Å²) in [6.45, 7) is -4.42. The number of nitrogens with one attached hydrogen (secondary N) is 1. The van der Waals surface area contributed by atoms with Crippen molar-refractivity contribution >= 4 is 49.0 Å². The van der Waals surface area contributed by atoms with E-state index in [4.69, 9.17) is 47.9 Å². The molecule has 0 saturated carbocycles. The summed E-state index contributed by atoms with van der Waals surface area (Å²) in [5, 5.41) is 8.88. The molecular formula is C43H53N7O15P2S. The predicted octanol–water partition coefficient (Wildman–Crippen LogP) is 6.20. The van der Waals surface area contributed by atoms with Crippen LogP contribution >= 0.6 is 26.0 Å². The number of fused-ring (bicyclic) bond motifs is 3. The minimum Gasteiger partial charge on any atom is -0.494 e. The average molecular weight is 1000 g/mol. The minimum atomic E-state index is -4.83. The molecule has 2 aromatic carbocycles. The quantitative estimate of drug-likeness (QED) is 0.0329. The molecule has 2 unspecified atom stereocenters. The zero-order valence-corrected chi connectivity index (χ0v) is 39.4. The van der Waals surface area contributed by atoms with Gasteiger partial charge in [-0.1, -0.05) is 50.7 Å². The molecule has 0 radical (unpaired) electrons. The first-order valence-electron chi connectivity index (χ1n) is 22.3. The number of benzene rings is 2. The maximum absolute atomic E-state index is 14.9. The van der Waals surface area contributed by atoms with Crippen LogP contribution in [0.4, 0.5) is 5.82 Å². The van der Waals surface area contributed by atoms with Crippen LogP contribution in [0.25, 0.3) is 11.2 Å². The topological polar surface area (TPSA) is 290 Å². The Balaban J connectivity index is 0.913. The summed E-state index contributed by atoms with van der Waals surface area (Å²) < 4.78 is 78.2. The number of nitrogens with zero attached hydrogens (tertiary/aromatic N) is 5. The molecule has 3 aromatic heterocycles. The number of aromatic nitrogens is 6. The van der Waals surface area contributed by atoms with Crippen LogP contribution in [0.3, 0.4) is 0 Å². The van der Waals surface area contributed by atoms with Gasteiger partial charge in [-0.25, -0.2) is 33.7 Å². The molecule has 6 heterocycles. The van der Waals surface area contributed by atoms with Crippen LogP contribution in [0, 0.1) is 0 Å². The molecule has 0 bridgehead atoms. The summed E-state index contributed by atoms with van der Waals surface area (Å²) in [5.74, 6) is 0.587. The van der Waals surface area contributed by atoms with E-state index in [1.54, 1.807) is 53.1 Å². The van der Waals surface area contributed by atoms with Gasteiger partial charge < -0.3 is 34.7 Å². The largest absolute Gasteiger partial charge is 0.494 e. The van der Waals surface area contributed by atoms with Gasteiger partial charge in [-0.2, -0.15) is 0 Å². The van der Waals surface area contributed by atoms with Gasteiger partial charge in [0.2, 0.25) is 0 Å². The Morgan fingerprint density at radius 3 is 2.15 bits per heavy atom. The number of nitrogen functional groups attached to an aromatic ring is 1. The maximum Gasteiger partial charge on any atom is 0.472 e. The van der Waals surface area contributed by atoms with Crippen LogP contribution in [0.5, 0.6) is 11.5 Å².